The first kappa shape index (κ1) is 14.7. The average molecular weight is 280 g/mol. The average Bonchev–Trinajstić information content (AvgIpc) is 2.37. The van der Waals surface area contributed by atoms with Crippen molar-refractivity contribution < 1.29 is 14.4 Å². The van der Waals surface area contributed by atoms with Gasteiger partial charge in [-0.2, -0.15) is 0 Å². The van der Waals surface area contributed by atoms with Crippen LogP contribution in [0, 0.1) is 24.0 Å². The minimum atomic E-state index is -0.395. The first-order valence-corrected chi connectivity index (χ1v) is 6.73. The van der Waals surface area contributed by atoms with E-state index in [0.717, 1.165) is 5.56 Å². The van der Waals surface area contributed by atoms with Gasteiger partial charge in [0.2, 0.25) is 0 Å². The van der Waals surface area contributed by atoms with Gasteiger partial charge in [-0.1, -0.05) is 0 Å². The van der Waals surface area contributed by atoms with E-state index in [1.54, 1.807) is 13.0 Å². The highest BCUT2D eigenvalue weighted by atomic mass is 16.6. The number of nitro groups is 1. The summed E-state index contributed by atoms with van der Waals surface area (Å²) in [5.41, 5.74) is 7.46. The molecule has 3 unspecified atom stereocenters. The molecule has 0 saturated heterocycles. The van der Waals surface area contributed by atoms with Crippen molar-refractivity contribution in [1.29, 1.82) is 0 Å². The third-order valence-corrected chi connectivity index (χ3v) is 3.62. The molecule has 1 aliphatic rings. The minimum absolute atomic E-state index is 0.0271. The molecule has 20 heavy (non-hydrogen) atoms. The van der Waals surface area contributed by atoms with E-state index in [9.17, 15) is 10.1 Å². The van der Waals surface area contributed by atoms with Crippen LogP contribution in [0.4, 0.5) is 5.69 Å². The predicted octanol–water partition coefficient (Wildman–Crippen LogP) is 2.10. The molecule has 3 atom stereocenters. The molecule has 0 heterocycles. The molecule has 0 aromatic heterocycles. The minimum Gasteiger partial charge on any atom is -0.487 e. The van der Waals surface area contributed by atoms with Gasteiger partial charge >= 0.3 is 0 Å². The van der Waals surface area contributed by atoms with E-state index in [0.29, 0.717) is 24.3 Å². The number of nitrogens with zero attached hydrogens (tertiary/aromatic N) is 1. The number of hydrogen-bond donors (Lipinski definition) is 1. The van der Waals surface area contributed by atoms with Crippen molar-refractivity contribution in [2.24, 2.45) is 5.73 Å². The molecule has 0 aliphatic heterocycles. The van der Waals surface area contributed by atoms with Crippen molar-refractivity contribution in [2.75, 3.05) is 6.61 Å². The fraction of sp³-hybridized carbons (Fsp3) is 0.571. The lowest BCUT2D eigenvalue weighted by molar-refractivity contribution is -0.385. The Morgan fingerprint density at radius 1 is 1.40 bits per heavy atom. The van der Waals surface area contributed by atoms with Crippen LogP contribution < -0.4 is 10.5 Å². The van der Waals surface area contributed by atoms with Gasteiger partial charge in [-0.05, 0) is 32.4 Å². The zero-order valence-corrected chi connectivity index (χ0v) is 12.0. The maximum Gasteiger partial charge on any atom is 0.276 e. The van der Waals surface area contributed by atoms with E-state index >= 15 is 0 Å². The van der Waals surface area contributed by atoms with Gasteiger partial charge in [-0.25, -0.2) is 0 Å². The third kappa shape index (κ3) is 2.76. The van der Waals surface area contributed by atoms with Crippen LogP contribution in [0.25, 0.3) is 0 Å². The normalized spacial score (nSPS) is 25.1. The van der Waals surface area contributed by atoms with Crippen molar-refractivity contribution in [3.63, 3.8) is 0 Å². The summed E-state index contributed by atoms with van der Waals surface area (Å²) < 4.78 is 11.4. The molecule has 0 radical (unpaired) electrons. The lowest BCUT2D eigenvalue weighted by Crippen LogP contribution is -2.59. The fourth-order valence-electron chi connectivity index (χ4n) is 2.46. The first-order chi connectivity index (χ1) is 9.43. The molecule has 2 N–H and O–H groups in total. The zero-order chi connectivity index (χ0) is 14.9. The largest absolute Gasteiger partial charge is 0.487 e. The Morgan fingerprint density at radius 2 is 2.10 bits per heavy atom. The van der Waals surface area contributed by atoms with E-state index in [4.69, 9.17) is 15.2 Å². The summed E-state index contributed by atoms with van der Waals surface area (Å²) >= 11 is 0. The number of hydrogen-bond acceptors (Lipinski definition) is 5. The molecule has 0 spiro atoms. The lowest BCUT2D eigenvalue weighted by Gasteiger charge is -2.41. The topological polar surface area (TPSA) is 87.6 Å². The summed E-state index contributed by atoms with van der Waals surface area (Å²) in [5, 5.41) is 11.0. The molecular weight excluding hydrogens is 260 g/mol. The highest BCUT2D eigenvalue weighted by Gasteiger charge is 2.41. The van der Waals surface area contributed by atoms with Crippen LogP contribution in [-0.2, 0) is 4.74 Å². The van der Waals surface area contributed by atoms with Crippen LogP contribution in [0.1, 0.15) is 24.5 Å². The zero-order valence-electron chi connectivity index (χ0n) is 12.0. The molecular formula is C14H20N2O4. The van der Waals surface area contributed by atoms with Crippen LogP contribution in [-0.4, -0.2) is 29.8 Å². The van der Waals surface area contributed by atoms with E-state index in [2.05, 4.69) is 0 Å². The van der Waals surface area contributed by atoms with Crippen LogP contribution in [0.5, 0.6) is 5.75 Å². The molecule has 6 heteroatoms. The van der Waals surface area contributed by atoms with Gasteiger partial charge in [0, 0.05) is 24.6 Å². The molecule has 110 valence electrons. The Balaban J connectivity index is 2.17. The van der Waals surface area contributed by atoms with Gasteiger partial charge in [-0.15, -0.1) is 0 Å². The summed E-state index contributed by atoms with van der Waals surface area (Å²) in [6.07, 6.45) is 0.428. The number of ether oxygens (including phenoxy) is 2. The second-order valence-corrected chi connectivity index (χ2v) is 5.14. The maximum absolute atomic E-state index is 11.0. The number of benzene rings is 1. The Hall–Kier alpha value is -1.66. The maximum atomic E-state index is 11.0. The van der Waals surface area contributed by atoms with Crippen molar-refractivity contribution in [1.82, 2.24) is 0 Å². The highest BCUT2D eigenvalue weighted by molar-refractivity contribution is 5.49. The van der Waals surface area contributed by atoms with Crippen molar-refractivity contribution in [3.8, 4) is 5.75 Å². The molecule has 0 bridgehead atoms. The number of nitrogens with two attached hydrogens (primary N) is 1. The van der Waals surface area contributed by atoms with Crippen molar-refractivity contribution >= 4 is 5.69 Å². The molecule has 1 fully saturated rings. The summed E-state index contributed by atoms with van der Waals surface area (Å²) in [7, 11) is 0. The Morgan fingerprint density at radius 3 is 2.65 bits per heavy atom. The molecule has 1 saturated carbocycles. The van der Waals surface area contributed by atoms with Crippen LogP contribution >= 0.6 is 0 Å². The van der Waals surface area contributed by atoms with Crippen LogP contribution in [0.3, 0.4) is 0 Å². The second-order valence-electron chi connectivity index (χ2n) is 5.14. The standard InChI is InChI=1S/C14H20N2O4/c1-4-19-14-10(15)6-13(14)20-12-7-11(16(17)18)8(2)5-9(12)3/h5,7,10,13-14H,4,6,15H2,1-3H3. The predicted molar refractivity (Wildman–Crippen MR) is 75.0 cm³/mol. The summed E-state index contributed by atoms with van der Waals surface area (Å²) in [6, 6.07) is 3.22. The number of rotatable bonds is 5. The Labute approximate surface area is 118 Å². The van der Waals surface area contributed by atoms with E-state index in [1.807, 2.05) is 13.8 Å². The van der Waals surface area contributed by atoms with Crippen LogP contribution in [0.15, 0.2) is 12.1 Å². The lowest BCUT2D eigenvalue weighted by atomic mass is 9.86. The highest BCUT2D eigenvalue weighted by Crippen LogP contribution is 2.33. The third-order valence-electron chi connectivity index (χ3n) is 3.62. The Kier molecular flexibility index (Phi) is 4.25. The SMILES string of the molecule is CCOC1C(N)CC1Oc1cc([N+](=O)[O-])c(C)cc1C. The van der Waals surface area contributed by atoms with E-state index < -0.39 is 4.92 Å². The molecule has 1 aromatic rings. The number of aryl methyl sites for hydroxylation is 2. The van der Waals surface area contributed by atoms with Gasteiger partial charge in [0.15, 0.2) is 0 Å². The van der Waals surface area contributed by atoms with E-state index in [-0.39, 0.29) is 23.9 Å². The van der Waals surface area contributed by atoms with Crippen LogP contribution in [0.2, 0.25) is 0 Å². The second kappa shape index (κ2) is 5.76. The quantitative estimate of drug-likeness (QED) is 0.659. The molecule has 1 aromatic carbocycles. The smallest absolute Gasteiger partial charge is 0.276 e. The van der Waals surface area contributed by atoms with Crippen molar-refractivity contribution in [2.45, 2.75) is 45.4 Å². The number of nitro benzene ring substituents is 1. The Bertz CT molecular complexity index is 518. The summed E-state index contributed by atoms with van der Waals surface area (Å²) in [6.45, 7) is 6.08. The van der Waals surface area contributed by atoms with Gasteiger partial charge in [0.25, 0.3) is 5.69 Å². The summed E-state index contributed by atoms with van der Waals surface area (Å²) in [4.78, 5) is 10.6. The molecule has 0 amide bonds. The molecule has 6 nitrogen and oxygen atoms in total. The van der Waals surface area contributed by atoms with E-state index in [1.165, 1.54) is 6.07 Å². The van der Waals surface area contributed by atoms with Gasteiger partial charge < -0.3 is 15.2 Å². The van der Waals surface area contributed by atoms with Crippen molar-refractivity contribution in [3.05, 3.63) is 33.4 Å². The monoisotopic (exact) mass is 280 g/mol. The molecule has 2 rings (SSSR count). The molecule has 1 aliphatic carbocycles. The fourth-order valence-corrected chi connectivity index (χ4v) is 2.46. The first-order valence-electron chi connectivity index (χ1n) is 6.73. The van der Waals surface area contributed by atoms with Gasteiger partial charge in [0.1, 0.15) is 18.0 Å². The van der Waals surface area contributed by atoms with Gasteiger partial charge in [-0.3, -0.25) is 10.1 Å². The van der Waals surface area contributed by atoms with Gasteiger partial charge in [0.05, 0.1) is 11.0 Å². The summed E-state index contributed by atoms with van der Waals surface area (Å²) in [5.74, 6) is 0.531.